The number of esters is 3. The van der Waals surface area contributed by atoms with Crippen LogP contribution in [0.15, 0.2) is 11.6 Å². The molecular weight excluding hydrogens is 1080 g/mol. The maximum Gasteiger partial charge on any atom is 0.315 e. The number of allylic oxidation sites excluding steroid dienone is 2. The summed E-state index contributed by atoms with van der Waals surface area (Å²) in [6.07, 6.45) is -26.4. The number of carbonyl (C=O) groups is 3. The van der Waals surface area contributed by atoms with Gasteiger partial charge in [0.05, 0.1) is 62.0 Å². The summed E-state index contributed by atoms with van der Waals surface area (Å²) in [6, 6.07) is 0. The second-order valence-electron chi connectivity index (χ2n) is 28.3. The van der Waals surface area contributed by atoms with Crippen molar-refractivity contribution in [1.29, 1.82) is 0 Å². The van der Waals surface area contributed by atoms with E-state index < -0.39 is 201 Å². The molecule has 24 heteroatoms. The zero-order chi connectivity index (χ0) is 59.8. The third-order valence-corrected chi connectivity index (χ3v) is 22.1. The fraction of sp³-hybridized carbons (Fsp3) is 0.914. The highest BCUT2D eigenvalue weighted by atomic mass is 16.8. The number of aliphatic hydroxyl groups is 11. The first-order chi connectivity index (χ1) is 38.2. The molecular formula is C58H90O24. The molecule has 17 aliphatic rings. The molecule has 11 fully saturated rings. The van der Waals surface area contributed by atoms with E-state index >= 15 is 4.79 Å². The summed E-state index contributed by atoms with van der Waals surface area (Å²) in [4.78, 5) is 42.0. The molecule has 1 spiro atoms. The van der Waals surface area contributed by atoms with Crippen LogP contribution in [0.25, 0.3) is 0 Å². The van der Waals surface area contributed by atoms with Gasteiger partial charge in [-0.05, 0) is 116 Å². The van der Waals surface area contributed by atoms with E-state index in [2.05, 4.69) is 40.7 Å². The van der Waals surface area contributed by atoms with Crippen molar-refractivity contribution in [2.45, 2.75) is 261 Å². The Morgan fingerprint density at radius 1 is 0.573 bits per heavy atom. The van der Waals surface area contributed by atoms with Gasteiger partial charge in [0.1, 0.15) is 61.0 Å². The van der Waals surface area contributed by atoms with Gasteiger partial charge in [0, 0.05) is 0 Å². The van der Waals surface area contributed by atoms with E-state index in [0.29, 0.717) is 44.9 Å². The summed E-state index contributed by atoms with van der Waals surface area (Å²) >= 11 is 0. The Morgan fingerprint density at radius 3 is 1.89 bits per heavy atom. The fourth-order valence-electron chi connectivity index (χ4n) is 17.4. The SMILES string of the molecule is CC1OC2OC3C(OCC(O)C3O)OC(=O)C34CCC(C)(C)CC3C3=CCC5C6(C)CC(O)C(OC7OC(CO)C(O)C(O)C7OC7OCC(OC(=O)CC(C)(O)CC(=O)OC1C(O)C2O)C(O)C7O)C(C)(C)C6CCC5(C)C3(C)CC4. The number of ether oxygens (including phenoxy) is 10. The maximum absolute atomic E-state index is 15.4. The number of rotatable bonds is 1. The second-order valence-corrected chi connectivity index (χ2v) is 28.3. The number of hydrogen-bond donors (Lipinski definition) is 11. The van der Waals surface area contributed by atoms with E-state index in [-0.39, 0.29) is 28.6 Å². The Hall–Kier alpha value is -2.57. The van der Waals surface area contributed by atoms with Crippen molar-refractivity contribution < 1.29 is 118 Å². The lowest BCUT2D eigenvalue weighted by Crippen LogP contribution is -2.69. The molecule has 12 aliphatic heterocycles. The predicted octanol–water partition coefficient (Wildman–Crippen LogP) is -0.112. The zero-order valence-corrected chi connectivity index (χ0v) is 48.5. The van der Waals surface area contributed by atoms with E-state index in [4.69, 9.17) is 47.4 Å². The molecule has 5 aliphatic carbocycles. The van der Waals surface area contributed by atoms with Gasteiger partial charge < -0.3 is 104 Å². The molecule has 0 aromatic rings. The van der Waals surface area contributed by atoms with Crippen LogP contribution in [0.3, 0.4) is 0 Å². The Kier molecular flexibility index (Phi) is 16.9. The highest BCUT2D eigenvalue weighted by Crippen LogP contribution is 2.76. The molecule has 12 heterocycles. The first kappa shape index (κ1) is 62.5. The van der Waals surface area contributed by atoms with Gasteiger partial charge in [-0.3, -0.25) is 14.4 Å². The Balaban J connectivity index is 0.991. The molecule has 4 saturated carbocycles. The van der Waals surface area contributed by atoms with Gasteiger partial charge in [0.15, 0.2) is 37.2 Å². The number of aliphatic hydroxyl groups excluding tert-OH is 10. The van der Waals surface area contributed by atoms with Crippen LogP contribution in [0, 0.1) is 50.2 Å². The smallest absolute Gasteiger partial charge is 0.315 e. The van der Waals surface area contributed by atoms with Crippen LogP contribution in [0.1, 0.15) is 133 Å². The molecule has 7 saturated heterocycles. The average molecular weight is 1170 g/mol. The van der Waals surface area contributed by atoms with E-state index in [9.17, 15) is 65.8 Å². The molecule has 11 N–H and O–H groups in total. The summed E-state index contributed by atoms with van der Waals surface area (Å²) in [7, 11) is 0. The Labute approximate surface area is 477 Å². The average Bonchev–Trinajstić information content (AvgIpc) is 0.721. The van der Waals surface area contributed by atoms with Crippen molar-refractivity contribution in [3.63, 3.8) is 0 Å². The topological polar surface area (TPSA) is 366 Å². The van der Waals surface area contributed by atoms with Crippen molar-refractivity contribution >= 4 is 17.9 Å². The van der Waals surface area contributed by atoms with Crippen LogP contribution < -0.4 is 0 Å². The maximum atomic E-state index is 15.4. The first-order valence-electron chi connectivity index (χ1n) is 29.5. The largest absolute Gasteiger partial charge is 0.457 e. The molecule has 12 bridgehead atoms. The van der Waals surface area contributed by atoms with E-state index in [1.165, 1.54) is 12.5 Å². The predicted molar refractivity (Wildman–Crippen MR) is 278 cm³/mol. The molecule has 0 aromatic carbocycles. The van der Waals surface area contributed by atoms with Gasteiger partial charge in [-0.25, -0.2) is 0 Å². The summed E-state index contributed by atoms with van der Waals surface area (Å²) in [5.41, 5.74) is -4.25. The summed E-state index contributed by atoms with van der Waals surface area (Å²) in [5.74, 6) is -3.16. The van der Waals surface area contributed by atoms with Gasteiger partial charge in [-0.1, -0.05) is 60.1 Å². The van der Waals surface area contributed by atoms with Crippen molar-refractivity contribution in [1.82, 2.24) is 0 Å². The van der Waals surface area contributed by atoms with Crippen LogP contribution in [0.5, 0.6) is 0 Å². The molecule has 466 valence electrons. The number of carbonyl (C=O) groups excluding carboxylic acids is 3. The molecule has 28 atom stereocenters. The van der Waals surface area contributed by atoms with Gasteiger partial charge in [-0.2, -0.15) is 0 Å². The van der Waals surface area contributed by atoms with Gasteiger partial charge in [0.2, 0.25) is 6.29 Å². The minimum absolute atomic E-state index is 0.0361. The highest BCUT2D eigenvalue weighted by Gasteiger charge is 2.71. The van der Waals surface area contributed by atoms with Crippen molar-refractivity contribution in [2.24, 2.45) is 50.2 Å². The third-order valence-electron chi connectivity index (χ3n) is 22.1. The Bertz CT molecular complexity index is 2400. The quantitative estimate of drug-likeness (QED) is 0.0706. The van der Waals surface area contributed by atoms with Crippen LogP contribution >= 0.6 is 0 Å². The van der Waals surface area contributed by atoms with Crippen molar-refractivity contribution in [2.75, 3.05) is 19.8 Å². The molecule has 17 rings (SSSR count). The molecule has 0 aromatic heterocycles. The minimum Gasteiger partial charge on any atom is -0.457 e. The van der Waals surface area contributed by atoms with Crippen LogP contribution in [0.2, 0.25) is 0 Å². The van der Waals surface area contributed by atoms with Gasteiger partial charge in [-0.15, -0.1) is 0 Å². The van der Waals surface area contributed by atoms with Crippen LogP contribution in [-0.2, 0) is 61.8 Å². The standard InChI is InChI=1S/C58H90O24/c1-25-43-40(68)42(70)48(75-25)80-44-36(64)29(61)23-73-49(44)82-51(71)58-16-14-52(2,3)18-27(58)26-10-11-33-55(7)19-28(60)46(53(4,5)32(55)12-13-57(33,9)56(26,8)15-17-58)81-50-45(39(67)37(65)30(22-59)77-50)79-47-41(69)38(66)31(24-74-47)76-34(62)20-54(6,72)21-35(63)78-43/h10,25,27-33,36-50,59-61,64-70,72H,11-24H2,1-9H3. The van der Waals surface area contributed by atoms with E-state index in [0.717, 1.165) is 19.8 Å². The van der Waals surface area contributed by atoms with Crippen LogP contribution in [0.4, 0.5) is 0 Å². The highest BCUT2D eigenvalue weighted by molar-refractivity contribution is 5.79. The summed E-state index contributed by atoms with van der Waals surface area (Å²) in [5, 5.41) is 125. The van der Waals surface area contributed by atoms with Crippen LogP contribution in [-0.4, -0.2) is 222 Å². The summed E-state index contributed by atoms with van der Waals surface area (Å²) < 4.78 is 60.0. The monoisotopic (exact) mass is 1170 g/mol. The van der Waals surface area contributed by atoms with E-state index in [1.807, 2.05) is 13.8 Å². The van der Waals surface area contributed by atoms with Gasteiger partial charge in [0.25, 0.3) is 0 Å². The first-order valence-corrected chi connectivity index (χ1v) is 29.5. The molecule has 82 heavy (non-hydrogen) atoms. The lowest BCUT2D eigenvalue weighted by molar-refractivity contribution is -0.376. The molecule has 0 radical (unpaired) electrons. The molecule has 24 nitrogen and oxygen atoms in total. The normalized spacial score (nSPS) is 53.7. The lowest BCUT2D eigenvalue weighted by atomic mass is 9.33. The molecule has 28 unspecified atom stereocenters. The van der Waals surface area contributed by atoms with E-state index in [1.54, 1.807) is 0 Å². The minimum atomic E-state index is -2.18. The lowest BCUT2D eigenvalue weighted by Gasteiger charge is -2.71. The third kappa shape index (κ3) is 10.5. The Morgan fingerprint density at radius 2 is 1.20 bits per heavy atom. The summed E-state index contributed by atoms with van der Waals surface area (Å²) in [6.45, 7) is 16.1. The fourth-order valence-corrected chi connectivity index (χ4v) is 17.4. The van der Waals surface area contributed by atoms with Crippen molar-refractivity contribution in [3.8, 4) is 0 Å². The number of hydrogen-bond acceptors (Lipinski definition) is 24. The van der Waals surface area contributed by atoms with Crippen molar-refractivity contribution in [3.05, 3.63) is 11.6 Å². The molecule has 0 amide bonds. The second kappa shape index (κ2) is 22.2. The van der Waals surface area contributed by atoms with Gasteiger partial charge >= 0.3 is 17.9 Å². The zero-order valence-electron chi connectivity index (χ0n) is 48.5.